The molecule has 1 amide bonds. The fraction of sp³-hybridized carbons (Fsp3) is 0.150. The van der Waals surface area contributed by atoms with Gasteiger partial charge in [0.1, 0.15) is 5.41 Å². The summed E-state index contributed by atoms with van der Waals surface area (Å²) in [6, 6.07) is 45.9. The summed E-state index contributed by atoms with van der Waals surface area (Å²) in [7, 11) is 0. The van der Waals surface area contributed by atoms with Crippen molar-refractivity contribution in [1.82, 2.24) is 4.98 Å². The molecule has 4 nitrogen and oxygen atoms in total. The lowest BCUT2D eigenvalue weighted by molar-refractivity contribution is -0.121. The Bertz CT molecular complexity index is 1960. The molecule has 6 aromatic rings. The van der Waals surface area contributed by atoms with E-state index >= 15 is 4.79 Å². The van der Waals surface area contributed by atoms with Gasteiger partial charge in [0.05, 0.1) is 11.4 Å². The zero-order valence-electron chi connectivity index (χ0n) is 25.3. The van der Waals surface area contributed by atoms with Crippen molar-refractivity contribution in [2.75, 3.05) is 5.01 Å². The number of fused-ring (bicyclic) bond motifs is 1. The van der Waals surface area contributed by atoms with Crippen molar-refractivity contribution in [2.45, 2.75) is 38.5 Å². The predicted molar refractivity (Wildman–Crippen MR) is 180 cm³/mol. The number of hydrogen-bond donors (Lipinski definition) is 1. The summed E-state index contributed by atoms with van der Waals surface area (Å²) >= 11 is 0. The molecule has 0 saturated carbocycles. The number of nitrogens with zero attached hydrogens (tertiary/aromatic N) is 2. The Hall–Kier alpha value is -5.22. The van der Waals surface area contributed by atoms with Crippen molar-refractivity contribution < 1.29 is 4.79 Å². The van der Waals surface area contributed by atoms with E-state index < -0.39 is 5.41 Å². The van der Waals surface area contributed by atoms with Gasteiger partial charge in [-0.1, -0.05) is 126 Å². The molecule has 7 rings (SSSR count). The van der Waals surface area contributed by atoms with E-state index in [1.54, 1.807) is 5.01 Å². The number of nitrogens with one attached hydrogen (secondary N) is 1. The van der Waals surface area contributed by atoms with Crippen LogP contribution in [-0.2, 0) is 16.6 Å². The van der Waals surface area contributed by atoms with Crippen LogP contribution in [0.4, 0.5) is 5.69 Å². The zero-order valence-corrected chi connectivity index (χ0v) is 25.3. The maximum absolute atomic E-state index is 15.1. The molecule has 44 heavy (non-hydrogen) atoms. The predicted octanol–water partition coefficient (Wildman–Crippen LogP) is 8.87. The van der Waals surface area contributed by atoms with E-state index in [0.717, 1.165) is 39.1 Å². The first-order valence-corrected chi connectivity index (χ1v) is 15.2. The number of carbonyl (C=O) groups excluding carboxylic acids is 1. The zero-order chi connectivity index (χ0) is 30.3. The molecule has 0 unspecified atom stereocenters. The number of aromatic amines is 1. The fourth-order valence-corrected chi connectivity index (χ4v) is 6.91. The van der Waals surface area contributed by atoms with E-state index in [1.807, 2.05) is 55.5 Å². The van der Waals surface area contributed by atoms with Crippen molar-refractivity contribution in [3.8, 4) is 0 Å². The second kappa shape index (κ2) is 11.1. The number of benzene rings is 5. The summed E-state index contributed by atoms with van der Waals surface area (Å²) in [6.07, 6.45) is 0.495. The number of amides is 1. The van der Waals surface area contributed by atoms with Crippen molar-refractivity contribution >= 4 is 28.2 Å². The molecule has 1 aliphatic heterocycles. The Morgan fingerprint density at radius 3 is 1.93 bits per heavy atom. The molecule has 0 radical (unpaired) electrons. The first kappa shape index (κ1) is 27.6. The van der Waals surface area contributed by atoms with E-state index in [1.165, 1.54) is 22.3 Å². The molecule has 1 N–H and O–H groups in total. The molecule has 0 spiro atoms. The molecule has 2 heterocycles. The van der Waals surface area contributed by atoms with Crippen LogP contribution in [0.5, 0.6) is 0 Å². The van der Waals surface area contributed by atoms with Gasteiger partial charge in [0.25, 0.3) is 5.91 Å². The molecule has 216 valence electrons. The third-order valence-electron chi connectivity index (χ3n) is 8.94. The lowest BCUT2D eigenvalue weighted by Gasteiger charge is -2.32. The molecule has 0 bridgehead atoms. The average Bonchev–Trinajstić information content (AvgIpc) is 3.53. The fourth-order valence-electron chi connectivity index (χ4n) is 6.91. The minimum Gasteiger partial charge on any atom is -0.357 e. The minimum absolute atomic E-state index is 0.0386. The number of aryl methyl sites for hydroxylation is 2. The van der Waals surface area contributed by atoms with Crippen LogP contribution in [-0.4, -0.2) is 16.6 Å². The Labute approximate surface area is 258 Å². The highest BCUT2D eigenvalue weighted by molar-refractivity contribution is 6.25. The van der Waals surface area contributed by atoms with Gasteiger partial charge in [-0.3, -0.25) is 4.79 Å². The lowest BCUT2D eigenvalue weighted by atomic mass is 9.68. The van der Waals surface area contributed by atoms with Crippen LogP contribution in [0.15, 0.2) is 139 Å². The molecule has 1 atom stereocenters. The minimum atomic E-state index is -1.03. The Morgan fingerprint density at radius 1 is 0.705 bits per heavy atom. The van der Waals surface area contributed by atoms with Gasteiger partial charge in [-0.15, -0.1) is 0 Å². The number of H-pyrrole nitrogens is 1. The van der Waals surface area contributed by atoms with Gasteiger partial charge < -0.3 is 4.98 Å². The van der Waals surface area contributed by atoms with Gasteiger partial charge in [0.15, 0.2) is 0 Å². The smallest absolute Gasteiger partial charge is 0.264 e. The summed E-state index contributed by atoms with van der Waals surface area (Å²) in [5, 5.41) is 7.67. The van der Waals surface area contributed by atoms with Crippen LogP contribution in [0, 0.1) is 13.8 Å². The first-order valence-electron chi connectivity index (χ1n) is 15.2. The number of aromatic nitrogens is 1. The Balaban J connectivity index is 1.55. The molecule has 1 aromatic heterocycles. The average molecular weight is 574 g/mol. The van der Waals surface area contributed by atoms with E-state index in [0.29, 0.717) is 6.42 Å². The molecule has 1 aliphatic rings. The number of para-hydroxylation sites is 2. The maximum Gasteiger partial charge on any atom is 0.264 e. The van der Waals surface area contributed by atoms with Gasteiger partial charge in [0, 0.05) is 28.1 Å². The molecule has 0 saturated heterocycles. The van der Waals surface area contributed by atoms with Crippen LogP contribution in [0.25, 0.3) is 10.9 Å². The number of hydrogen-bond acceptors (Lipinski definition) is 2. The van der Waals surface area contributed by atoms with Crippen LogP contribution >= 0.6 is 0 Å². The summed E-state index contributed by atoms with van der Waals surface area (Å²) in [4.78, 5) is 19.0. The lowest BCUT2D eigenvalue weighted by Crippen LogP contribution is -2.46. The maximum atomic E-state index is 15.1. The van der Waals surface area contributed by atoms with Crippen LogP contribution in [0.3, 0.4) is 0 Å². The quantitative estimate of drug-likeness (QED) is 0.204. The highest BCUT2D eigenvalue weighted by atomic mass is 16.2. The molecular weight excluding hydrogens is 538 g/mol. The topological polar surface area (TPSA) is 48.5 Å². The number of carbonyl (C=O) groups is 1. The third-order valence-corrected chi connectivity index (χ3v) is 8.94. The Kier molecular flexibility index (Phi) is 6.98. The highest BCUT2D eigenvalue weighted by Crippen LogP contribution is 2.47. The van der Waals surface area contributed by atoms with Gasteiger partial charge in [-0.2, -0.15) is 10.1 Å². The van der Waals surface area contributed by atoms with Crippen molar-refractivity contribution in [2.24, 2.45) is 5.10 Å². The van der Waals surface area contributed by atoms with Crippen molar-refractivity contribution in [3.63, 3.8) is 0 Å². The summed E-state index contributed by atoms with van der Waals surface area (Å²) in [5.74, 6) is -0.167. The number of hydrazone groups is 1. The van der Waals surface area contributed by atoms with Gasteiger partial charge in [-0.25, -0.2) is 0 Å². The van der Waals surface area contributed by atoms with Gasteiger partial charge >= 0.3 is 0 Å². The summed E-state index contributed by atoms with van der Waals surface area (Å²) < 4.78 is 0. The first-order chi connectivity index (χ1) is 21.5. The Morgan fingerprint density at radius 2 is 1.30 bits per heavy atom. The van der Waals surface area contributed by atoms with E-state index in [4.69, 9.17) is 5.10 Å². The third kappa shape index (κ3) is 4.64. The second-order valence-corrected chi connectivity index (χ2v) is 11.9. The van der Waals surface area contributed by atoms with Crippen LogP contribution in [0.2, 0.25) is 0 Å². The van der Waals surface area contributed by atoms with Gasteiger partial charge in [-0.05, 0) is 62.1 Å². The van der Waals surface area contributed by atoms with Crippen molar-refractivity contribution in [3.05, 3.63) is 173 Å². The molecule has 5 aromatic carbocycles. The van der Waals surface area contributed by atoms with Crippen molar-refractivity contribution in [1.29, 1.82) is 0 Å². The molecule has 4 heteroatoms. The van der Waals surface area contributed by atoms with Gasteiger partial charge in [0.2, 0.25) is 0 Å². The second-order valence-electron chi connectivity index (χ2n) is 11.9. The number of anilines is 1. The summed E-state index contributed by atoms with van der Waals surface area (Å²) in [5.41, 5.74) is 9.39. The monoisotopic (exact) mass is 573 g/mol. The van der Waals surface area contributed by atoms with Crippen LogP contribution < -0.4 is 5.01 Å². The summed E-state index contributed by atoms with van der Waals surface area (Å²) in [6.45, 7) is 6.29. The van der Waals surface area contributed by atoms with E-state index in [2.05, 4.69) is 104 Å². The van der Waals surface area contributed by atoms with Crippen LogP contribution in [0.1, 0.15) is 51.9 Å². The molecule has 0 fully saturated rings. The molecule has 0 aliphatic carbocycles. The highest BCUT2D eigenvalue weighted by Gasteiger charge is 2.54. The normalized spacial score (nSPS) is 16.6. The number of rotatable bonds is 7. The standard InChI is InChI=1S/C40H35N3O/c1-27-14-12-18-31(24-27)36(32-19-13-15-28(2)25-32)38-37(34-22-10-11-23-35(34)41-38)40(26-30-16-6-4-7-17-30)29(3)42-43(39(40)44)33-20-8-5-9-21-33/h4-25,36,41H,26H2,1-3H3/t40-/m1/s1. The van der Waals surface area contributed by atoms with E-state index in [9.17, 15) is 0 Å². The largest absolute Gasteiger partial charge is 0.357 e. The molecular formula is C40H35N3O. The van der Waals surface area contributed by atoms with E-state index in [-0.39, 0.29) is 11.8 Å². The SMILES string of the molecule is CC1=NN(c2ccccc2)C(=O)[C@@]1(Cc1ccccc1)c1c(C(c2cccc(C)c2)c2cccc(C)c2)[nH]c2ccccc12.